The Hall–Kier alpha value is -2.26. The van der Waals surface area contributed by atoms with Gasteiger partial charge in [0, 0.05) is 38.3 Å². The van der Waals surface area contributed by atoms with Crippen molar-refractivity contribution in [3.05, 3.63) is 65.7 Å². The van der Waals surface area contributed by atoms with Crippen LogP contribution in [0.5, 0.6) is 0 Å². The predicted molar refractivity (Wildman–Crippen MR) is 111 cm³/mol. The van der Waals surface area contributed by atoms with E-state index < -0.39 is 10.0 Å². The normalized spacial score (nSPS) is 17.8. The topological polar surface area (TPSA) is 87.7 Å². The molecule has 1 amide bonds. The Morgan fingerprint density at radius 1 is 1.17 bits per heavy atom. The summed E-state index contributed by atoms with van der Waals surface area (Å²) in [4.78, 5) is 14.9. The van der Waals surface area contributed by atoms with Crippen LogP contribution < -0.4 is 10.0 Å². The van der Waals surface area contributed by atoms with Crippen molar-refractivity contribution in [2.45, 2.75) is 24.5 Å². The van der Waals surface area contributed by atoms with E-state index in [0.29, 0.717) is 18.7 Å². The van der Waals surface area contributed by atoms with Crippen LogP contribution in [0.25, 0.3) is 0 Å². The first kappa shape index (κ1) is 21.4. The minimum absolute atomic E-state index is 0.0787. The van der Waals surface area contributed by atoms with E-state index in [1.54, 1.807) is 19.1 Å². The molecule has 0 bridgehead atoms. The molecule has 0 aromatic heterocycles. The summed E-state index contributed by atoms with van der Waals surface area (Å²) in [5.41, 5.74) is 1.55. The summed E-state index contributed by atoms with van der Waals surface area (Å²) < 4.78 is 32.5. The molecule has 0 radical (unpaired) electrons. The maximum Gasteiger partial charge on any atom is 0.251 e. The fourth-order valence-corrected chi connectivity index (χ4v) is 4.36. The second-order valence-corrected chi connectivity index (χ2v) is 8.72. The molecule has 0 spiro atoms. The van der Waals surface area contributed by atoms with Crippen LogP contribution in [0.4, 0.5) is 0 Å². The first-order valence-electron chi connectivity index (χ1n) is 9.74. The maximum absolute atomic E-state index is 12.5. The van der Waals surface area contributed by atoms with Gasteiger partial charge < -0.3 is 10.1 Å². The number of benzene rings is 2. The number of amides is 1. The molecule has 7 nitrogen and oxygen atoms in total. The third-order valence-electron chi connectivity index (χ3n) is 4.70. The third kappa shape index (κ3) is 6.11. The number of rotatable bonds is 8. The predicted octanol–water partition coefficient (Wildman–Crippen LogP) is 1.62. The third-order valence-corrected chi connectivity index (χ3v) is 6.25. The summed E-state index contributed by atoms with van der Waals surface area (Å²) >= 11 is 0. The van der Waals surface area contributed by atoms with E-state index >= 15 is 0 Å². The largest absolute Gasteiger partial charge is 0.374 e. The van der Waals surface area contributed by atoms with Gasteiger partial charge in [0.05, 0.1) is 17.6 Å². The van der Waals surface area contributed by atoms with Gasteiger partial charge in [0.25, 0.3) is 5.91 Å². The molecule has 2 N–H and O–H groups in total. The average molecular weight is 418 g/mol. The molecule has 1 fully saturated rings. The van der Waals surface area contributed by atoms with E-state index in [9.17, 15) is 13.2 Å². The van der Waals surface area contributed by atoms with Crippen molar-refractivity contribution < 1.29 is 17.9 Å². The van der Waals surface area contributed by atoms with Crippen molar-refractivity contribution >= 4 is 15.9 Å². The van der Waals surface area contributed by atoms with Crippen LogP contribution in [0.1, 0.15) is 22.8 Å². The van der Waals surface area contributed by atoms with Gasteiger partial charge in [-0.25, -0.2) is 13.1 Å². The van der Waals surface area contributed by atoms with Gasteiger partial charge in [0.2, 0.25) is 10.0 Å². The maximum atomic E-state index is 12.5. The molecule has 29 heavy (non-hydrogen) atoms. The number of hydrogen-bond acceptors (Lipinski definition) is 5. The lowest BCUT2D eigenvalue weighted by atomic mass is 10.2. The van der Waals surface area contributed by atoms with Crippen molar-refractivity contribution in [3.63, 3.8) is 0 Å². The summed E-state index contributed by atoms with van der Waals surface area (Å²) in [6, 6.07) is 16.3. The first-order chi connectivity index (χ1) is 14.0. The van der Waals surface area contributed by atoms with Crippen LogP contribution in [0.2, 0.25) is 0 Å². The molecule has 1 aliphatic heterocycles. The van der Waals surface area contributed by atoms with Gasteiger partial charge in [-0.3, -0.25) is 9.69 Å². The zero-order chi connectivity index (χ0) is 20.7. The number of carbonyl (C=O) groups excluding carboxylic acids is 1. The van der Waals surface area contributed by atoms with Gasteiger partial charge in [-0.2, -0.15) is 0 Å². The average Bonchev–Trinajstić information content (AvgIpc) is 2.73. The molecule has 0 saturated carbocycles. The van der Waals surface area contributed by atoms with Crippen LogP contribution >= 0.6 is 0 Å². The molecular weight excluding hydrogens is 390 g/mol. The lowest BCUT2D eigenvalue weighted by Gasteiger charge is -2.33. The standard InChI is InChI=1S/C21H27N3O4S/c1-2-23-29(26,27)20-10-6-9-18(13-20)21(25)22-14-19-16-24(11-12-28-19)15-17-7-4-3-5-8-17/h3-10,13,19,23H,2,11-12,14-16H2,1H3,(H,22,25). The molecule has 0 aliphatic carbocycles. The summed E-state index contributed by atoms with van der Waals surface area (Å²) in [5.74, 6) is -0.317. The van der Waals surface area contributed by atoms with Crippen molar-refractivity contribution in [1.82, 2.24) is 14.9 Å². The van der Waals surface area contributed by atoms with Gasteiger partial charge >= 0.3 is 0 Å². The number of carbonyl (C=O) groups is 1. The highest BCUT2D eigenvalue weighted by molar-refractivity contribution is 7.89. The number of ether oxygens (including phenoxy) is 1. The fourth-order valence-electron chi connectivity index (χ4n) is 3.28. The lowest BCUT2D eigenvalue weighted by Crippen LogP contribution is -2.47. The van der Waals surface area contributed by atoms with Crippen LogP contribution in [-0.2, 0) is 21.3 Å². The van der Waals surface area contributed by atoms with E-state index in [1.807, 2.05) is 18.2 Å². The Morgan fingerprint density at radius 2 is 1.97 bits per heavy atom. The Labute approximate surface area is 172 Å². The van der Waals surface area contributed by atoms with E-state index in [2.05, 4.69) is 27.1 Å². The van der Waals surface area contributed by atoms with Crippen molar-refractivity contribution in [3.8, 4) is 0 Å². The summed E-state index contributed by atoms with van der Waals surface area (Å²) in [5, 5.41) is 2.86. The van der Waals surface area contributed by atoms with Crippen LogP contribution in [0, 0.1) is 0 Å². The second kappa shape index (κ2) is 9.98. The minimum Gasteiger partial charge on any atom is -0.374 e. The van der Waals surface area contributed by atoms with Gasteiger partial charge in [-0.05, 0) is 23.8 Å². The number of nitrogens with zero attached hydrogens (tertiary/aromatic N) is 1. The highest BCUT2D eigenvalue weighted by Gasteiger charge is 2.22. The van der Waals surface area contributed by atoms with Crippen LogP contribution in [0.3, 0.4) is 0 Å². The zero-order valence-electron chi connectivity index (χ0n) is 16.5. The fraction of sp³-hybridized carbons (Fsp3) is 0.381. The molecule has 2 aromatic carbocycles. The lowest BCUT2D eigenvalue weighted by molar-refractivity contribution is -0.0292. The van der Waals surface area contributed by atoms with E-state index in [-0.39, 0.29) is 23.5 Å². The summed E-state index contributed by atoms with van der Waals surface area (Å²) in [6.45, 7) is 5.40. The number of morpholine rings is 1. The number of nitrogens with one attached hydrogen (secondary N) is 2. The van der Waals surface area contributed by atoms with E-state index in [1.165, 1.54) is 17.7 Å². The van der Waals surface area contributed by atoms with Crippen LogP contribution in [0.15, 0.2) is 59.5 Å². The smallest absolute Gasteiger partial charge is 0.251 e. The van der Waals surface area contributed by atoms with E-state index in [0.717, 1.165) is 19.6 Å². The zero-order valence-corrected chi connectivity index (χ0v) is 17.3. The molecule has 156 valence electrons. The van der Waals surface area contributed by atoms with Gasteiger partial charge in [0.1, 0.15) is 0 Å². The first-order valence-corrected chi connectivity index (χ1v) is 11.2. The van der Waals surface area contributed by atoms with Gasteiger partial charge in [-0.1, -0.05) is 43.3 Å². The molecule has 1 atom stereocenters. The summed E-state index contributed by atoms with van der Waals surface area (Å²) in [7, 11) is -3.60. The van der Waals surface area contributed by atoms with Crippen LogP contribution in [-0.4, -0.2) is 58.1 Å². The monoisotopic (exact) mass is 417 g/mol. The summed E-state index contributed by atoms with van der Waals surface area (Å²) in [6.07, 6.45) is -0.106. The molecule has 1 heterocycles. The Kier molecular flexibility index (Phi) is 7.38. The van der Waals surface area contributed by atoms with Gasteiger partial charge in [-0.15, -0.1) is 0 Å². The van der Waals surface area contributed by atoms with Crippen molar-refractivity contribution in [1.29, 1.82) is 0 Å². The molecule has 1 unspecified atom stereocenters. The van der Waals surface area contributed by atoms with Crippen molar-refractivity contribution in [2.24, 2.45) is 0 Å². The Balaban J connectivity index is 1.55. The molecule has 8 heteroatoms. The van der Waals surface area contributed by atoms with Gasteiger partial charge in [0.15, 0.2) is 0 Å². The quantitative estimate of drug-likeness (QED) is 0.682. The molecule has 2 aromatic rings. The Morgan fingerprint density at radius 3 is 2.72 bits per heavy atom. The number of hydrogen-bond donors (Lipinski definition) is 2. The highest BCUT2D eigenvalue weighted by atomic mass is 32.2. The molecule has 3 rings (SSSR count). The molecule has 1 saturated heterocycles. The number of sulfonamides is 1. The van der Waals surface area contributed by atoms with Crippen molar-refractivity contribution in [2.75, 3.05) is 32.8 Å². The SMILES string of the molecule is CCNS(=O)(=O)c1cccc(C(=O)NCC2CN(Cc3ccccc3)CCO2)c1. The minimum atomic E-state index is -3.60. The molecule has 1 aliphatic rings. The second-order valence-electron chi connectivity index (χ2n) is 6.95. The highest BCUT2D eigenvalue weighted by Crippen LogP contribution is 2.13. The Bertz CT molecular complexity index is 919. The molecular formula is C21H27N3O4S. The van der Waals surface area contributed by atoms with E-state index in [4.69, 9.17) is 4.74 Å².